The molecule has 1 unspecified atom stereocenters. The first-order chi connectivity index (χ1) is 10.2. The highest BCUT2D eigenvalue weighted by molar-refractivity contribution is 5.85. The van der Waals surface area contributed by atoms with Gasteiger partial charge in [-0.1, -0.05) is 30.3 Å². The van der Waals surface area contributed by atoms with E-state index in [2.05, 4.69) is 12.1 Å². The van der Waals surface area contributed by atoms with Crippen molar-refractivity contribution in [2.75, 3.05) is 19.7 Å². The van der Waals surface area contributed by atoms with Gasteiger partial charge in [0.15, 0.2) is 0 Å². The normalized spacial score (nSPS) is 25.0. The Balaban J connectivity index is 1.61. The highest BCUT2D eigenvalue weighted by atomic mass is 16.5. The molecule has 0 radical (unpaired) electrons. The lowest BCUT2D eigenvalue weighted by Crippen LogP contribution is -2.54. The minimum absolute atomic E-state index is 0.0232. The Bertz CT molecular complexity index is 482. The van der Waals surface area contributed by atoms with Crippen LogP contribution in [0, 0.1) is 0 Å². The first kappa shape index (κ1) is 14.5. The molecule has 114 valence electrons. The summed E-state index contributed by atoms with van der Waals surface area (Å²) in [6, 6.07) is 10.2. The number of hydrogen-bond donors (Lipinski definition) is 1. The van der Waals surface area contributed by atoms with Crippen LogP contribution in [0.4, 0.5) is 0 Å². The average molecular weight is 289 g/mol. The van der Waals surface area contributed by atoms with Crippen LogP contribution in [0.5, 0.6) is 0 Å². The van der Waals surface area contributed by atoms with Gasteiger partial charge in [0.2, 0.25) is 0 Å². The van der Waals surface area contributed by atoms with Crippen LogP contribution in [0.1, 0.15) is 31.2 Å². The van der Waals surface area contributed by atoms with Crippen molar-refractivity contribution in [2.45, 2.75) is 43.8 Å². The van der Waals surface area contributed by atoms with E-state index in [4.69, 9.17) is 4.74 Å². The number of carbonyl (C=O) groups is 1. The van der Waals surface area contributed by atoms with Crippen molar-refractivity contribution in [3.8, 4) is 0 Å². The molecule has 0 spiro atoms. The van der Waals surface area contributed by atoms with E-state index >= 15 is 0 Å². The van der Waals surface area contributed by atoms with Crippen molar-refractivity contribution in [1.82, 2.24) is 4.90 Å². The van der Waals surface area contributed by atoms with E-state index in [1.807, 2.05) is 18.2 Å². The summed E-state index contributed by atoms with van der Waals surface area (Å²) in [5.74, 6) is -0.0960. The molecule has 1 heterocycles. The van der Waals surface area contributed by atoms with Crippen molar-refractivity contribution in [2.24, 2.45) is 0 Å². The number of aliphatic hydroxyl groups is 1. The van der Waals surface area contributed by atoms with E-state index in [0.29, 0.717) is 32.5 Å². The quantitative estimate of drug-likeness (QED) is 0.922. The molecule has 1 aliphatic carbocycles. The maximum atomic E-state index is 12.5. The van der Waals surface area contributed by atoms with Crippen molar-refractivity contribution >= 4 is 5.91 Å². The third kappa shape index (κ3) is 3.27. The molecule has 3 rings (SSSR count). The zero-order valence-electron chi connectivity index (χ0n) is 12.3. The number of amides is 1. The summed E-state index contributed by atoms with van der Waals surface area (Å²) in [4.78, 5) is 14.3. The number of benzene rings is 1. The monoisotopic (exact) mass is 289 g/mol. The molecule has 0 bridgehead atoms. The van der Waals surface area contributed by atoms with E-state index < -0.39 is 5.60 Å². The Morgan fingerprint density at radius 3 is 2.71 bits per heavy atom. The van der Waals surface area contributed by atoms with E-state index in [1.54, 1.807) is 4.90 Å². The third-order valence-corrected chi connectivity index (χ3v) is 4.56. The Morgan fingerprint density at radius 2 is 2.00 bits per heavy atom. The van der Waals surface area contributed by atoms with Gasteiger partial charge in [0.25, 0.3) is 5.91 Å². The van der Waals surface area contributed by atoms with Crippen LogP contribution >= 0.6 is 0 Å². The molecule has 1 atom stereocenters. The van der Waals surface area contributed by atoms with Gasteiger partial charge in [0.05, 0.1) is 12.7 Å². The van der Waals surface area contributed by atoms with Gasteiger partial charge >= 0.3 is 0 Å². The Labute approximate surface area is 125 Å². The standard InChI is InChI=1S/C17H23NO3/c19-16(17(20)8-4-5-9-17)18-10-11-21-15(13-18)12-14-6-2-1-3-7-14/h1-3,6-7,15,20H,4-5,8-13H2. The topological polar surface area (TPSA) is 49.8 Å². The molecule has 4 heteroatoms. The molecule has 1 amide bonds. The summed E-state index contributed by atoms with van der Waals surface area (Å²) in [6.07, 6.45) is 3.93. The summed E-state index contributed by atoms with van der Waals surface area (Å²) < 4.78 is 5.78. The predicted molar refractivity (Wildman–Crippen MR) is 79.9 cm³/mol. The van der Waals surface area contributed by atoms with Crippen molar-refractivity contribution in [1.29, 1.82) is 0 Å². The lowest BCUT2D eigenvalue weighted by Gasteiger charge is -2.37. The molecule has 4 nitrogen and oxygen atoms in total. The fourth-order valence-corrected chi connectivity index (χ4v) is 3.37. The Morgan fingerprint density at radius 1 is 1.29 bits per heavy atom. The maximum absolute atomic E-state index is 12.5. The molecule has 0 aromatic heterocycles. The van der Waals surface area contributed by atoms with E-state index in [1.165, 1.54) is 5.56 Å². The van der Waals surface area contributed by atoms with Crippen molar-refractivity contribution < 1.29 is 14.6 Å². The maximum Gasteiger partial charge on any atom is 0.254 e. The summed E-state index contributed by atoms with van der Waals surface area (Å²) in [6.45, 7) is 1.72. The highest BCUT2D eigenvalue weighted by Crippen LogP contribution is 2.31. The van der Waals surface area contributed by atoms with Crippen LogP contribution < -0.4 is 0 Å². The molecule has 1 aromatic rings. The SMILES string of the molecule is O=C(N1CCOC(Cc2ccccc2)C1)C1(O)CCCC1. The van der Waals surface area contributed by atoms with Crippen LogP contribution in [-0.2, 0) is 16.0 Å². The minimum atomic E-state index is -1.12. The van der Waals surface area contributed by atoms with E-state index in [0.717, 1.165) is 19.3 Å². The zero-order chi connectivity index (χ0) is 14.7. The third-order valence-electron chi connectivity index (χ3n) is 4.56. The molecule has 1 saturated carbocycles. The lowest BCUT2D eigenvalue weighted by atomic mass is 9.99. The van der Waals surface area contributed by atoms with Crippen LogP contribution in [0.3, 0.4) is 0 Å². The van der Waals surface area contributed by atoms with Gasteiger partial charge in [-0.15, -0.1) is 0 Å². The summed E-state index contributed by atoms with van der Waals surface area (Å²) in [5.41, 5.74) is 0.102. The van der Waals surface area contributed by atoms with Gasteiger partial charge in [0, 0.05) is 19.5 Å². The zero-order valence-corrected chi connectivity index (χ0v) is 12.3. The van der Waals surface area contributed by atoms with Crippen LogP contribution in [0.2, 0.25) is 0 Å². The molecule has 2 fully saturated rings. The largest absolute Gasteiger partial charge is 0.380 e. The van der Waals surface area contributed by atoms with Gasteiger partial charge in [0.1, 0.15) is 5.60 Å². The Hall–Kier alpha value is -1.39. The Kier molecular flexibility index (Phi) is 4.27. The predicted octanol–water partition coefficient (Wildman–Crippen LogP) is 1.76. The van der Waals surface area contributed by atoms with Crippen LogP contribution in [0.25, 0.3) is 0 Å². The van der Waals surface area contributed by atoms with Crippen molar-refractivity contribution in [3.05, 3.63) is 35.9 Å². The molecule has 2 aliphatic rings. The fourth-order valence-electron chi connectivity index (χ4n) is 3.37. The minimum Gasteiger partial charge on any atom is -0.380 e. The van der Waals surface area contributed by atoms with Gasteiger partial charge in [-0.2, -0.15) is 0 Å². The molecule has 1 N–H and O–H groups in total. The number of ether oxygens (including phenoxy) is 1. The molecule has 1 aromatic carbocycles. The summed E-state index contributed by atoms with van der Waals surface area (Å²) in [5, 5.41) is 10.5. The summed E-state index contributed by atoms with van der Waals surface area (Å²) >= 11 is 0. The van der Waals surface area contributed by atoms with Gasteiger partial charge in [-0.05, 0) is 31.2 Å². The van der Waals surface area contributed by atoms with Crippen LogP contribution in [0.15, 0.2) is 30.3 Å². The molecular weight excluding hydrogens is 266 g/mol. The smallest absolute Gasteiger partial charge is 0.254 e. The average Bonchev–Trinajstić information content (AvgIpc) is 2.96. The van der Waals surface area contributed by atoms with Crippen molar-refractivity contribution in [3.63, 3.8) is 0 Å². The number of nitrogens with zero attached hydrogens (tertiary/aromatic N) is 1. The second-order valence-corrected chi connectivity index (χ2v) is 6.17. The number of morpholine rings is 1. The molecule has 1 saturated heterocycles. The van der Waals surface area contributed by atoms with Gasteiger partial charge in [-0.25, -0.2) is 0 Å². The fraction of sp³-hybridized carbons (Fsp3) is 0.588. The lowest BCUT2D eigenvalue weighted by molar-refractivity contribution is -0.157. The number of rotatable bonds is 3. The van der Waals surface area contributed by atoms with Gasteiger partial charge < -0.3 is 14.7 Å². The number of carbonyl (C=O) groups excluding carboxylic acids is 1. The first-order valence-corrected chi connectivity index (χ1v) is 7.85. The second-order valence-electron chi connectivity index (χ2n) is 6.17. The summed E-state index contributed by atoms with van der Waals surface area (Å²) in [7, 11) is 0. The van der Waals surface area contributed by atoms with E-state index in [9.17, 15) is 9.90 Å². The highest BCUT2D eigenvalue weighted by Gasteiger charge is 2.42. The molecule has 21 heavy (non-hydrogen) atoms. The molecule has 1 aliphatic heterocycles. The molecular formula is C17H23NO3. The number of hydrogen-bond acceptors (Lipinski definition) is 3. The van der Waals surface area contributed by atoms with Crippen LogP contribution in [-0.4, -0.2) is 47.3 Å². The van der Waals surface area contributed by atoms with E-state index in [-0.39, 0.29) is 12.0 Å². The first-order valence-electron chi connectivity index (χ1n) is 7.85. The second kappa shape index (κ2) is 6.16. The van der Waals surface area contributed by atoms with Gasteiger partial charge in [-0.3, -0.25) is 4.79 Å².